The van der Waals surface area contributed by atoms with E-state index >= 15 is 0 Å². The van der Waals surface area contributed by atoms with Crippen LogP contribution in [-0.4, -0.2) is 35.7 Å². The molecule has 0 amide bonds. The van der Waals surface area contributed by atoms with E-state index in [4.69, 9.17) is 15.5 Å². The third-order valence-corrected chi connectivity index (χ3v) is 3.60. The Morgan fingerprint density at radius 1 is 1.47 bits per heavy atom. The molecule has 1 aliphatic carbocycles. The summed E-state index contributed by atoms with van der Waals surface area (Å²) in [6.45, 7) is 2.09. The molecule has 2 heterocycles. The Labute approximate surface area is 113 Å². The van der Waals surface area contributed by atoms with Crippen LogP contribution in [0.3, 0.4) is 0 Å². The molecule has 1 aliphatic rings. The highest BCUT2D eigenvalue weighted by molar-refractivity contribution is 5.57. The first-order valence-electron chi connectivity index (χ1n) is 6.76. The first kappa shape index (κ1) is 12.4. The largest absolute Gasteiger partial charge is 0.383 e. The predicted octanol–water partition coefficient (Wildman–Crippen LogP) is 1.41. The van der Waals surface area contributed by atoms with Crippen molar-refractivity contribution in [2.75, 3.05) is 25.2 Å². The van der Waals surface area contributed by atoms with Gasteiger partial charge < -0.3 is 19.8 Å². The van der Waals surface area contributed by atoms with Gasteiger partial charge in [-0.3, -0.25) is 0 Å². The number of nitrogens with zero attached hydrogens (tertiary/aromatic N) is 3. The summed E-state index contributed by atoms with van der Waals surface area (Å²) in [5.74, 6) is 1.02. The van der Waals surface area contributed by atoms with E-state index in [1.54, 1.807) is 7.11 Å². The van der Waals surface area contributed by atoms with Crippen LogP contribution in [0.2, 0.25) is 0 Å². The molecular weight excluding hydrogens is 240 g/mol. The molecule has 0 radical (unpaired) electrons. The molecule has 1 saturated carbocycles. The third-order valence-electron chi connectivity index (χ3n) is 3.60. The maximum Gasteiger partial charge on any atom is 0.152 e. The van der Waals surface area contributed by atoms with Crippen molar-refractivity contribution in [3.63, 3.8) is 0 Å². The van der Waals surface area contributed by atoms with Crippen molar-refractivity contribution < 1.29 is 4.74 Å². The van der Waals surface area contributed by atoms with E-state index in [-0.39, 0.29) is 0 Å². The van der Waals surface area contributed by atoms with Crippen LogP contribution in [0.1, 0.15) is 18.5 Å². The van der Waals surface area contributed by atoms with Crippen molar-refractivity contribution in [1.82, 2.24) is 9.38 Å². The molecule has 0 unspecified atom stereocenters. The van der Waals surface area contributed by atoms with E-state index in [0.29, 0.717) is 19.2 Å². The second kappa shape index (κ2) is 5.19. The Morgan fingerprint density at radius 3 is 3.00 bits per heavy atom. The van der Waals surface area contributed by atoms with Crippen LogP contribution in [0.25, 0.3) is 5.65 Å². The summed E-state index contributed by atoms with van der Waals surface area (Å²) in [5, 5.41) is 0. The minimum absolute atomic E-state index is 0.497. The molecule has 5 nitrogen and oxygen atoms in total. The molecule has 1 fully saturated rings. The van der Waals surface area contributed by atoms with Gasteiger partial charge in [0.05, 0.1) is 12.3 Å². The number of aromatic nitrogens is 2. The van der Waals surface area contributed by atoms with Crippen molar-refractivity contribution in [1.29, 1.82) is 0 Å². The summed E-state index contributed by atoms with van der Waals surface area (Å²) in [6, 6.07) is 6.63. The Bertz CT molecular complexity index is 562. The fourth-order valence-corrected chi connectivity index (χ4v) is 2.49. The molecular formula is C14H20N4O. The van der Waals surface area contributed by atoms with Gasteiger partial charge in [-0.25, -0.2) is 4.98 Å². The number of pyridine rings is 1. The number of fused-ring (bicyclic) bond motifs is 1. The average Bonchev–Trinajstić information content (AvgIpc) is 3.20. The fraction of sp³-hybridized carbons (Fsp3) is 0.500. The molecule has 0 atom stereocenters. The molecule has 2 aromatic rings. The zero-order valence-corrected chi connectivity index (χ0v) is 11.2. The normalized spacial score (nSPS) is 15.1. The molecule has 19 heavy (non-hydrogen) atoms. The third kappa shape index (κ3) is 2.31. The summed E-state index contributed by atoms with van der Waals surface area (Å²) >= 11 is 0. The number of nitrogens with two attached hydrogens (primary N) is 1. The van der Waals surface area contributed by atoms with Gasteiger partial charge in [0.15, 0.2) is 5.82 Å². The number of methoxy groups -OCH3 is 1. The Kier molecular flexibility index (Phi) is 3.40. The van der Waals surface area contributed by atoms with E-state index < -0.39 is 0 Å². The van der Waals surface area contributed by atoms with Crippen molar-refractivity contribution in [3.05, 3.63) is 30.1 Å². The molecule has 0 bridgehead atoms. The Morgan fingerprint density at radius 2 is 2.32 bits per heavy atom. The Balaban J connectivity index is 2.01. The van der Waals surface area contributed by atoms with Gasteiger partial charge in [-0.05, 0) is 25.0 Å². The summed E-state index contributed by atoms with van der Waals surface area (Å²) < 4.78 is 7.29. The van der Waals surface area contributed by atoms with Crippen LogP contribution >= 0.6 is 0 Å². The topological polar surface area (TPSA) is 55.8 Å². The van der Waals surface area contributed by atoms with Crippen molar-refractivity contribution >= 4 is 11.5 Å². The highest BCUT2D eigenvalue weighted by atomic mass is 16.5. The van der Waals surface area contributed by atoms with Crippen LogP contribution in [0.4, 0.5) is 5.82 Å². The van der Waals surface area contributed by atoms with Crippen LogP contribution < -0.4 is 10.6 Å². The van der Waals surface area contributed by atoms with E-state index in [1.165, 1.54) is 12.8 Å². The molecule has 5 heteroatoms. The summed E-state index contributed by atoms with van der Waals surface area (Å²) in [4.78, 5) is 7.10. The van der Waals surface area contributed by atoms with Gasteiger partial charge in [-0.1, -0.05) is 6.07 Å². The lowest BCUT2D eigenvalue weighted by molar-refractivity contribution is 0.204. The van der Waals surface area contributed by atoms with Crippen LogP contribution in [0.15, 0.2) is 24.4 Å². The molecule has 102 valence electrons. The lowest BCUT2D eigenvalue weighted by Crippen LogP contribution is -2.31. The Hall–Kier alpha value is -1.59. The first-order chi connectivity index (χ1) is 9.35. The van der Waals surface area contributed by atoms with E-state index in [0.717, 1.165) is 23.7 Å². The highest BCUT2D eigenvalue weighted by Crippen LogP contribution is 2.33. The number of hydrogen-bond donors (Lipinski definition) is 1. The summed E-state index contributed by atoms with van der Waals surface area (Å²) in [6.07, 6.45) is 4.50. The van der Waals surface area contributed by atoms with Crippen LogP contribution in [0.5, 0.6) is 0 Å². The molecule has 2 aromatic heterocycles. The number of ether oxygens (including phenoxy) is 1. The zero-order chi connectivity index (χ0) is 13.2. The summed E-state index contributed by atoms with van der Waals surface area (Å²) in [5.41, 5.74) is 7.97. The maximum absolute atomic E-state index is 5.93. The molecule has 2 N–H and O–H groups in total. The molecule has 0 saturated heterocycles. The van der Waals surface area contributed by atoms with Crippen LogP contribution in [0, 0.1) is 0 Å². The van der Waals surface area contributed by atoms with Gasteiger partial charge in [0.2, 0.25) is 0 Å². The summed E-state index contributed by atoms with van der Waals surface area (Å²) in [7, 11) is 1.73. The maximum atomic E-state index is 5.93. The van der Waals surface area contributed by atoms with E-state index in [2.05, 4.69) is 9.30 Å². The number of anilines is 1. The number of rotatable bonds is 6. The standard InChI is InChI=1S/C14H20N4O/c1-19-9-8-17(11-5-6-11)14-12(10-15)18-7-3-2-4-13(18)16-14/h2-4,7,11H,5-6,8-10,15H2,1H3. The van der Waals surface area contributed by atoms with Gasteiger partial charge in [-0.15, -0.1) is 0 Å². The smallest absolute Gasteiger partial charge is 0.152 e. The van der Waals surface area contributed by atoms with Gasteiger partial charge in [0.25, 0.3) is 0 Å². The average molecular weight is 260 g/mol. The highest BCUT2D eigenvalue weighted by Gasteiger charge is 2.32. The minimum atomic E-state index is 0.497. The lowest BCUT2D eigenvalue weighted by Gasteiger charge is -2.23. The van der Waals surface area contributed by atoms with Crippen LogP contribution in [-0.2, 0) is 11.3 Å². The number of imidazole rings is 1. The second-order valence-electron chi connectivity index (χ2n) is 4.93. The van der Waals surface area contributed by atoms with Gasteiger partial charge in [0.1, 0.15) is 5.65 Å². The van der Waals surface area contributed by atoms with Gasteiger partial charge >= 0.3 is 0 Å². The SMILES string of the molecule is COCCN(c1nc2ccccn2c1CN)C1CC1. The second-order valence-corrected chi connectivity index (χ2v) is 4.93. The quantitative estimate of drug-likeness (QED) is 0.853. The van der Waals surface area contributed by atoms with E-state index in [1.807, 2.05) is 24.4 Å². The fourth-order valence-electron chi connectivity index (χ4n) is 2.49. The van der Waals surface area contributed by atoms with E-state index in [9.17, 15) is 0 Å². The van der Waals surface area contributed by atoms with Crippen molar-refractivity contribution in [2.45, 2.75) is 25.4 Å². The molecule has 0 aromatic carbocycles. The first-order valence-corrected chi connectivity index (χ1v) is 6.76. The lowest BCUT2D eigenvalue weighted by atomic mass is 10.3. The van der Waals surface area contributed by atoms with Gasteiger partial charge in [-0.2, -0.15) is 0 Å². The van der Waals surface area contributed by atoms with Crippen molar-refractivity contribution in [3.8, 4) is 0 Å². The predicted molar refractivity (Wildman–Crippen MR) is 75.3 cm³/mol. The zero-order valence-electron chi connectivity index (χ0n) is 11.2. The van der Waals surface area contributed by atoms with Gasteiger partial charge in [0, 0.05) is 32.4 Å². The molecule has 0 aliphatic heterocycles. The molecule has 3 rings (SSSR count). The monoisotopic (exact) mass is 260 g/mol. The molecule has 0 spiro atoms. The number of hydrogen-bond acceptors (Lipinski definition) is 4. The van der Waals surface area contributed by atoms with Crippen molar-refractivity contribution in [2.24, 2.45) is 5.73 Å². The minimum Gasteiger partial charge on any atom is -0.383 e.